The molecule has 1 saturated heterocycles. The molecule has 0 amide bonds. The van der Waals surface area contributed by atoms with Crippen molar-refractivity contribution in [2.45, 2.75) is 31.1 Å². The van der Waals surface area contributed by atoms with Crippen LogP contribution < -0.4 is 4.74 Å². The summed E-state index contributed by atoms with van der Waals surface area (Å²) in [6.45, 7) is 2.60. The predicted octanol–water partition coefficient (Wildman–Crippen LogP) is 4.68. The van der Waals surface area contributed by atoms with Gasteiger partial charge in [-0.1, -0.05) is 18.5 Å². The Labute approximate surface area is 170 Å². The minimum Gasteiger partial charge on any atom is -0.457 e. The van der Waals surface area contributed by atoms with E-state index in [2.05, 4.69) is 0 Å². The Morgan fingerprint density at radius 2 is 1.57 bits per heavy atom. The van der Waals surface area contributed by atoms with E-state index in [1.165, 1.54) is 12.1 Å². The molecule has 1 aliphatic heterocycles. The van der Waals surface area contributed by atoms with Gasteiger partial charge in [-0.05, 0) is 61.4 Å². The number of rotatable bonds is 7. The molecule has 1 heterocycles. The Kier molecular flexibility index (Phi) is 6.43. The second kappa shape index (κ2) is 8.64. The molecule has 3 rings (SSSR count). The summed E-state index contributed by atoms with van der Waals surface area (Å²) in [7, 11) is -3.62. The molecule has 0 saturated carbocycles. The van der Waals surface area contributed by atoms with E-state index in [9.17, 15) is 13.2 Å². The van der Waals surface area contributed by atoms with Gasteiger partial charge in [0.25, 0.3) is 0 Å². The Bertz CT molecular complexity index is 914. The summed E-state index contributed by atoms with van der Waals surface area (Å²) in [4.78, 5) is 12.7. The van der Waals surface area contributed by atoms with Crippen LogP contribution in [0.3, 0.4) is 0 Å². The highest BCUT2D eigenvalue weighted by Crippen LogP contribution is 2.36. The molecule has 0 radical (unpaired) electrons. The molecule has 0 bridgehead atoms. The summed E-state index contributed by atoms with van der Waals surface area (Å²) in [6.07, 6.45) is 1.21. The Morgan fingerprint density at radius 1 is 1.04 bits per heavy atom. The fourth-order valence-electron chi connectivity index (χ4n) is 3.44. The Morgan fingerprint density at radius 3 is 2.11 bits per heavy atom. The second-order valence-electron chi connectivity index (χ2n) is 6.96. The van der Waals surface area contributed by atoms with E-state index in [4.69, 9.17) is 21.1 Å². The van der Waals surface area contributed by atoms with Crippen LogP contribution in [-0.2, 0) is 19.4 Å². The van der Waals surface area contributed by atoms with E-state index in [-0.39, 0.29) is 16.4 Å². The standard InChI is InChI=1S/C21H23ClO5S/c1-2-20(23)21(11-13-26-14-12-21)15-28(24,25)19-9-7-18(8-10-19)27-17-5-3-16(22)4-6-17/h3-10H,2,11-15H2,1H3. The minimum absolute atomic E-state index is 0.0120. The van der Waals surface area contributed by atoms with Gasteiger partial charge in [0, 0.05) is 30.1 Å². The number of sulfone groups is 1. The maximum atomic E-state index is 13.0. The van der Waals surface area contributed by atoms with Crippen LogP contribution in [-0.4, -0.2) is 33.2 Å². The van der Waals surface area contributed by atoms with Crippen LogP contribution in [0.2, 0.25) is 5.02 Å². The molecular weight excluding hydrogens is 400 g/mol. The zero-order valence-corrected chi connectivity index (χ0v) is 17.3. The van der Waals surface area contributed by atoms with Crippen LogP contribution in [0.25, 0.3) is 0 Å². The van der Waals surface area contributed by atoms with Crippen molar-refractivity contribution in [3.05, 3.63) is 53.6 Å². The van der Waals surface area contributed by atoms with Crippen LogP contribution in [0, 0.1) is 5.41 Å². The molecule has 1 aliphatic rings. The van der Waals surface area contributed by atoms with E-state index >= 15 is 0 Å². The van der Waals surface area contributed by atoms with Crippen molar-refractivity contribution in [1.29, 1.82) is 0 Å². The third-order valence-corrected chi connectivity index (χ3v) is 7.24. The first-order valence-electron chi connectivity index (χ1n) is 9.22. The molecule has 0 aromatic heterocycles. The van der Waals surface area contributed by atoms with Crippen molar-refractivity contribution in [1.82, 2.24) is 0 Å². The number of halogens is 1. The zero-order chi connectivity index (χ0) is 20.2. The number of hydrogen-bond donors (Lipinski definition) is 0. The molecule has 0 spiro atoms. The fourth-order valence-corrected chi connectivity index (χ4v) is 5.46. The quantitative estimate of drug-likeness (QED) is 0.647. The fraction of sp³-hybridized carbons (Fsp3) is 0.381. The van der Waals surface area contributed by atoms with Gasteiger partial charge >= 0.3 is 0 Å². The number of carbonyl (C=O) groups excluding carboxylic acids is 1. The summed E-state index contributed by atoms with van der Waals surface area (Å²) in [5, 5.41) is 0.609. The van der Waals surface area contributed by atoms with Gasteiger partial charge in [0.15, 0.2) is 9.84 Å². The molecule has 0 unspecified atom stereocenters. The van der Waals surface area contributed by atoms with Crippen molar-refractivity contribution >= 4 is 27.2 Å². The average molecular weight is 423 g/mol. The van der Waals surface area contributed by atoms with E-state index in [1.54, 1.807) is 43.3 Å². The number of ether oxygens (including phenoxy) is 2. The largest absolute Gasteiger partial charge is 0.457 e. The molecule has 5 nitrogen and oxygen atoms in total. The number of hydrogen-bond acceptors (Lipinski definition) is 5. The van der Waals surface area contributed by atoms with Crippen molar-refractivity contribution in [2.75, 3.05) is 19.0 Å². The minimum atomic E-state index is -3.62. The van der Waals surface area contributed by atoms with Crippen molar-refractivity contribution in [2.24, 2.45) is 5.41 Å². The number of benzene rings is 2. The maximum Gasteiger partial charge on any atom is 0.179 e. The van der Waals surface area contributed by atoms with Gasteiger partial charge in [-0.15, -0.1) is 0 Å². The summed E-state index contributed by atoms with van der Waals surface area (Å²) in [5.74, 6) is 0.927. The lowest BCUT2D eigenvalue weighted by atomic mass is 9.77. The molecule has 0 aliphatic carbocycles. The lowest BCUT2D eigenvalue weighted by Gasteiger charge is -2.35. The topological polar surface area (TPSA) is 69.7 Å². The molecule has 2 aromatic carbocycles. The maximum absolute atomic E-state index is 13.0. The van der Waals surface area contributed by atoms with Crippen LogP contribution >= 0.6 is 11.6 Å². The highest BCUT2D eigenvalue weighted by atomic mass is 35.5. The van der Waals surface area contributed by atoms with E-state index < -0.39 is 15.3 Å². The summed E-state index contributed by atoms with van der Waals surface area (Å²) < 4.78 is 37.0. The van der Waals surface area contributed by atoms with Gasteiger partial charge in [0.05, 0.1) is 10.6 Å². The van der Waals surface area contributed by atoms with E-state index in [1.807, 2.05) is 0 Å². The lowest BCUT2D eigenvalue weighted by Crippen LogP contribution is -2.42. The summed E-state index contributed by atoms with van der Waals surface area (Å²) in [6, 6.07) is 13.2. The zero-order valence-electron chi connectivity index (χ0n) is 15.7. The lowest BCUT2D eigenvalue weighted by molar-refractivity contribution is -0.132. The first-order chi connectivity index (χ1) is 13.3. The Hall–Kier alpha value is -1.89. The first kappa shape index (κ1) is 20.8. The summed E-state index contributed by atoms with van der Waals surface area (Å²) >= 11 is 5.86. The SMILES string of the molecule is CCC(=O)C1(CS(=O)(=O)c2ccc(Oc3ccc(Cl)cc3)cc2)CCOCC1. The van der Waals surface area contributed by atoms with Crippen LogP contribution in [0.1, 0.15) is 26.2 Å². The predicted molar refractivity (Wildman–Crippen MR) is 108 cm³/mol. The molecule has 7 heteroatoms. The molecule has 2 aromatic rings. The van der Waals surface area contributed by atoms with Crippen LogP contribution in [0.5, 0.6) is 11.5 Å². The number of Topliss-reactive ketones (excluding diaryl/α,β-unsaturated/α-hetero) is 1. The molecule has 0 atom stereocenters. The van der Waals surface area contributed by atoms with Crippen molar-refractivity contribution in [3.63, 3.8) is 0 Å². The van der Waals surface area contributed by atoms with Gasteiger partial charge in [0.2, 0.25) is 0 Å². The van der Waals surface area contributed by atoms with Gasteiger partial charge < -0.3 is 9.47 Å². The summed E-state index contributed by atoms with van der Waals surface area (Å²) in [5.41, 5.74) is -0.857. The smallest absolute Gasteiger partial charge is 0.179 e. The molecular formula is C21H23ClO5S. The van der Waals surface area contributed by atoms with Crippen LogP contribution in [0.4, 0.5) is 0 Å². The molecule has 150 valence electrons. The Balaban J connectivity index is 1.77. The number of ketones is 1. The average Bonchev–Trinajstić information content (AvgIpc) is 2.70. The third-order valence-electron chi connectivity index (χ3n) is 5.06. The monoisotopic (exact) mass is 422 g/mol. The van der Waals surface area contributed by atoms with Gasteiger partial charge in [-0.25, -0.2) is 8.42 Å². The van der Waals surface area contributed by atoms with Gasteiger partial charge in [-0.2, -0.15) is 0 Å². The number of carbonyl (C=O) groups is 1. The second-order valence-corrected chi connectivity index (χ2v) is 9.38. The highest BCUT2D eigenvalue weighted by molar-refractivity contribution is 7.91. The normalized spacial score (nSPS) is 16.5. The third kappa shape index (κ3) is 4.74. The molecule has 0 N–H and O–H groups in total. The van der Waals surface area contributed by atoms with E-state index in [0.29, 0.717) is 49.0 Å². The van der Waals surface area contributed by atoms with Crippen molar-refractivity contribution < 1.29 is 22.7 Å². The van der Waals surface area contributed by atoms with Gasteiger partial charge in [0.1, 0.15) is 17.3 Å². The van der Waals surface area contributed by atoms with E-state index in [0.717, 1.165) is 0 Å². The van der Waals surface area contributed by atoms with Gasteiger partial charge in [-0.3, -0.25) is 4.79 Å². The van der Waals surface area contributed by atoms with Crippen LogP contribution in [0.15, 0.2) is 53.4 Å². The first-order valence-corrected chi connectivity index (χ1v) is 11.2. The highest BCUT2D eigenvalue weighted by Gasteiger charge is 2.42. The van der Waals surface area contributed by atoms with Crippen molar-refractivity contribution in [3.8, 4) is 11.5 Å². The molecule has 28 heavy (non-hydrogen) atoms. The molecule has 1 fully saturated rings.